The Morgan fingerprint density at radius 3 is 2.44 bits per heavy atom. The third-order valence-corrected chi connectivity index (χ3v) is 5.04. The van der Waals surface area contributed by atoms with Crippen molar-refractivity contribution in [3.05, 3.63) is 47.7 Å². The van der Waals surface area contributed by atoms with Crippen LogP contribution < -0.4 is 10.6 Å². The fraction of sp³-hybridized carbons (Fsp3) is 0.542. The highest BCUT2D eigenvalue weighted by Gasteiger charge is 2.31. The van der Waals surface area contributed by atoms with Crippen molar-refractivity contribution in [2.45, 2.75) is 84.5 Å². The maximum atomic E-state index is 11.9. The summed E-state index contributed by atoms with van der Waals surface area (Å²) >= 11 is 0. The van der Waals surface area contributed by atoms with Crippen LogP contribution in [0.25, 0.3) is 0 Å². The van der Waals surface area contributed by atoms with Gasteiger partial charge in [0.2, 0.25) is 0 Å². The number of H-pyrrole nitrogens is 1. The molecule has 2 amide bonds. The van der Waals surface area contributed by atoms with E-state index in [0.29, 0.717) is 11.9 Å². The van der Waals surface area contributed by atoms with Crippen molar-refractivity contribution in [1.82, 2.24) is 15.5 Å². The molecule has 2 fully saturated rings. The smallest absolute Gasteiger partial charge is 0.413 e. The number of aromatic nitrogens is 2. The second kappa shape index (κ2) is 13.4. The molecule has 32 heavy (non-hydrogen) atoms. The first-order valence-electron chi connectivity index (χ1n) is 11.7. The first-order valence-corrected chi connectivity index (χ1v) is 11.7. The van der Waals surface area contributed by atoms with Gasteiger partial charge in [0, 0.05) is 23.7 Å². The second-order valence-electron chi connectivity index (χ2n) is 7.35. The molecule has 0 bridgehead atoms. The molecule has 3 N–H and O–H groups in total. The number of carbonyl (C=O) groups is 2. The molecule has 0 aliphatic heterocycles. The summed E-state index contributed by atoms with van der Waals surface area (Å²) in [6.45, 7) is 8.20. The Labute approximate surface area is 190 Å². The number of ether oxygens (including phenoxy) is 2. The van der Waals surface area contributed by atoms with Gasteiger partial charge >= 0.3 is 12.2 Å². The summed E-state index contributed by atoms with van der Waals surface area (Å²) in [5.74, 6) is 0.644. The lowest BCUT2D eigenvalue weighted by atomic mass is 10.0. The molecule has 0 saturated heterocycles. The van der Waals surface area contributed by atoms with Crippen LogP contribution in [0.5, 0.6) is 0 Å². The third kappa shape index (κ3) is 8.24. The SMILES string of the molecule is CC.CC.O=C(Nc1cc(C2CCC(OC(=O)NC3CC3)C2)[nH]n1)OCc1ccccc1. The van der Waals surface area contributed by atoms with Crippen molar-refractivity contribution in [1.29, 1.82) is 0 Å². The van der Waals surface area contributed by atoms with Gasteiger partial charge in [0.05, 0.1) is 0 Å². The molecule has 1 heterocycles. The zero-order valence-electron chi connectivity index (χ0n) is 19.5. The highest BCUT2D eigenvalue weighted by Crippen LogP contribution is 2.36. The monoisotopic (exact) mass is 444 g/mol. The van der Waals surface area contributed by atoms with Crippen LogP contribution in [0.2, 0.25) is 0 Å². The molecule has 8 heteroatoms. The summed E-state index contributed by atoms with van der Waals surface area (Å²) in [4.78, 5) is 23.7. The molecule has 2 atom stereocenters. The van der Waals surface area contributed by atoms with Gasteiger partial charge in [-0.2, -0.15) is 5.10 Å². The van der Waals surface area contributed by atoms with Crippen LogP contribution in [0, 0.1) is 0 Å². The van der Waals surface area contributed by atoms with Gasteiger partial charge in [-0.3, -0.25) is 10.4 Å². The fourth-order valence-electron chi connectivity index (χ4n) is 3.38. The van der Waals surface area contributed by atoms with Crippen LogP contribution in [0.15, 0.2) is 36.4 Å². The predicted octanol–water partition coefficient (Wildman–Crippen LogP) is 5.74. The third-order valence-electron chi connectivity index (χ3n) is 5.04. The van der Waals surface area contributed by atoms with Crippen molar-refractivity contribution in [2.24, 2.45) is 0 Å². The molecule has 8 nitrogen and oxygen atoms in total. The number of aromatic amines is 1. The number of carbonyl (C=O) groups excluding carboxylic acids is 2. The summed E-state index contributed by atoms with van der Waals surface area (Å²) in [5, 5.41) is 12.6. The number of anilines is 1. The minimum atomic E-state index is -0.550. The standard InChI is InChI=1S/C20H24N4O4.2C2H6/c25-19(27-12-13-4-2-1-3-5-13)22-18-11-17(23-24-18)14-6-9-16(10-14)28-20(26)21-15-7-8-15;2*1-2/h1-5,11,14-16H,6-10,12H2,(H,21,26)(H2,22,23,24,25);2*1-2H3. The number of nitrogens with one attached hydrogen (secondary N) is 3. The summed E-state index contributed by atoms with van der Waals surface area (Å²) < 4.78 is 10.7. The highest BCUT2D eigenvalue weighted by atomic mass is 16.6. The maximum Gasteiger partial charge on any atom is 0.413 e. The van der Waals surface area contributed by atoms with Gasteiger partial charge in [-0.15, -0.1) is 0 Å². The maximum absolute atomic E-state index is 11.9. The Morgan fingerprint density at radius 2 is 1.75 bits per heavy atom. The van der Waals surface area contributed by atoms with Gasteiger partial charge < -0.3 is 14.8 Å². The fourth-order valence-corrected chi connectivity index (χ4v) is 3.38. The van der Waals surface area contributed by atoms with Crippen molar-refractivity contribution >= 4 is 18.0 Å². The Balaban J connectivity index is 0.000000860. The molecule has 0 radical (unpaired) electrons. The first-order chi connectivity index (χ1) is 15.7. The number of benzene rings is 1. The molecule has 1 aromatic heterocycles. The molecule has 2 unspecified atom stereocenters. The van der Waals surface area contributed by atoms with E-state index in [0.717, 1.165) is 43.4 Å². The Hall–Kier alpha value is -3.03. The molecule has 2 aliphatic rings. The van der Waals surface area contributed by atoms with Gasteiger partial charge in [-0.25, -0.2) is 9.59 Å². The normalized spacial score (nSPS) is 18.9. The van der Waals surface area contributed by atoms with Crippen molar-refractivity contribution in [3.63, 3.8) is 0 Å². The topological polar surface area (TPSA) is 105 Å². The Morgan fingerprint density at radius 1 is 1.03 bits per heavy atom. The zero-order valence-corrected chi connectivity index (χ0v) is 19.5. The van der Waals surface area contributed by atoms with Gasteiger partial charge in [-0.1, -0.05) is 58.0 Å². The molecular weight excluding hydrogens is 408 g/mol. The molecule has 4 rings (SSSR count). The van der Waals surface area contributed by atoms with Crippen LogP contribution in [0.1, 0.15) is 77.0 Å². The average Bonchev–Trinajstić information content (AvgIpc) is 3.31. The van der Waals surface area contributed by atoms with Gasteiger partial charge in [0.15, 0.2) is 5.82 Å². The van der Waals surface area contributed by atoms with Crippen molar-refractivity contribution in [2.75, 3.05) is 5.32 Å². The lowest BCUT2D eigenvalue weighted by Crippen LogP contribution is -2.29. The highest BCUT2D eigenvalue weighted by molar-refractivity contribution is 5.83. The number of amides is 2. The van der Waals surface area contributed by atoms with E-state index in [4.69, 9.17) is 9.47 Å². The zero-order chi connectivity index (χ0) is 23.3. The predicted molar refractivity (Wildman–Crippen MR) is 125 cm³/mol. The van der Waals surface area contributed by atoms with Crippen molar-refractivity contribution in [3.8, 4) is 0 Å². The summed E-state index contributed by atoms with van der Waals surface area (Å²) in [6.07, 6.45) is 3.61. The molecular formula is C24H36N4O4. The molecule has 1 aromatic carbocycles. The molecule has 2 aromatic rings. The van der Waals surface area contributed by atoms with Crippen molar-refractivity contribution < 1.29 is 19.1 Å². The lowest BCUT2D eigenvalue weighted by molar-refractivity contribution is 0.0997. The van der Waals surface area contributed by atoms with E-state index in [1.54, 1.807) is 6.07 Å². The summed E-state index contributed by atoms with van der Waals surface area (Å²) in [5.41, 5.74) is 1.84. The molecule has 2 aliphatic carbocycles. The quantitative estimate of drug-likeness (QED) is 0.527. The van der Waals surface area contributed by atoms with E-state index >= 15 is 0 Å². The van der Waals surface area contributed by atoms with Crippen LogP contribution in [-0.4, -0.2) is 34.5 Å². The van der Waals surface area contributed by atoms with Crippen LogP contribution in [0.3, 0.4) is 0 Å². The van der Waals surface area contributed by atoms with E-state index in [2.05, 4.69) is 20.8 Å². The average molecular weight is 445 g/mol. The van der Waals surface area contributed by atoms with E-state index in [1.165, 1.54) is 0 Å². The molecule has 0 spiro atoms. The Bertz CT molecular complexity index is 820. The van der Waals surface area contributed by atoms with Gasteiger partial charge in [0.25, 0.3) is 0 Å². The summed E-state index contributed by atoms with van der Waals surface area (Å²) in [7, 11) is 0. The minimum Gasteiger partial charge on any atom is -0.446 e. The van der Waals surface area contributed by atoms with Crippen LogP contribution in [0.4, 0.5) is 15.4 Å². The number of hydrogen-bond donors (Lipinski definition) is 3. The number of hydrogen-bond acceptors (Lipinski definition) is 5. The first kappa shape index (κ1) is 25.2. The lowest BCUT2D eigenvalue weighted by Gasteiger charge is -2.12. The number of nitrogens with zero attached hydrogens (tertiary/aromatic N) is 1. The Kier molecular flexibility index (Phi) is 10.6. The minimum absolute atomic E-state index is 0.0840. The van der Waals surface area contributed by atoms with E-state index < -0.39 is 6.09 Å². The summed E-state index contributed by atoms with van der Waals surface area (Å²) in [6, 6.07) is 11.6. The number of alkyl carbamates (subject to hydrolysis) is 1. The number of rotatable bonds is 6. The van der Waals surface area contributed by atoms with Gasteiger partial charge in [-0.05, 0) is 37.7 Å². The van der Waals surface area contributed by atoms with E-state index in [1.807, 2.05) is 58.0 Å². The second-order valence-corrected chi connectivity index (χ2v) is 7.35. The van der Waals surface area contributed by atoms with Crippen LogP contribution in [-0.2, 0) is 16.1 Å². The van der Waals surface area contributed by atoms with Crippen LogP contribution >= 0.6 is 0 Å². The molecule has 176 valence electrons. The largest absolute Gasteiger partial charge is 0.446 e. The van der Waals surface area contributed by atoms with E-state index in [9.17, 15) is 9.59 Å². The molecule has 2 saturated carbocycles. The van der Waals surface area contributed by atoms with Gasteiger partial charge in [0.1, 0.15) is 12.7 Å². The van der Waals surface area contributed by atoms with E-state index in [-0.39, 0.29) is 24.7 Å².